The number of hydrogen-bond donors (Lipinski definition) is 1. The van der Waals surface area contributed by atoms with Crippen LogP contribution in [-0.4, -0.2) is 58.5 Å². The van der Waals surface area contributed by atoms with E-state index < -0.39 is 17.8 Å². The van der Waals surface area contributed by atoms with E-state index in [1.54, 1.807) is 38.1 Å². The molecule has 0 aliphatic rings. The van der Waals surface area contributed by atoms with Crippen molar-refractivity contribution in [2.45, 2.75) is 20.8 Å². The molecule has 0 bridgehead atoms. The maximum atomic E-state index is 12.6. The Balaban J connectivity index is 2.25. The molecule has 0 aliphatic carbocycles. The number of amides is 1. The number of nitrogens with one attached hydrogen (secondary N) is 1. The highest BCUT2D eigenvalue weighted by atomic mass is 32.1. The van der Waals surface area contributed by atoms with Crippen molar-refractivity contribution >= 4 is 40.3 Å². The largest absolute Gasteiger partial charge is 0.493 e. The molecule has 1 aromatic heterocycles. The van der Waals surface area contributed by atoms with Crippen molar-refractivity contribution in [3.05, 3.63) is 45.8 Å². The van der Waals surface area contributed by atoms with Crippen molar-refractivity contribution < 1.29 is 38.1 Å². The number of hydrogen-bond acceptors (Lipinski definition) is 9. The third-order valence-corrected chi connectivity index (χ3v) is 5.67. The quantitative estimate of drug-likeness (QED) is 0.269. The van der Waals surface area contributed by atoms with Gasteiger partial charge in [-0.25, -0.2) is 9.59 Å². The lowest BCUT2D eigenvalue weighted by Crippen LogP contribution is -2.13. The maximum Gasteiger partial charge on any atom is 0.348 e. The zero-order valence-corrected chi connectivity index (χ0v) is 20.7. The molecule has 34 heavy (non-hydrogen) atoms. The van der Waals surface area contributed by atoms with Gasteiger partial charge in [-0.2, -0.15) is 0 Å². The second-order valence-electron chi connectivity index (χ2n) is 6.78. The molecule has 1 heterocycles. The van der Waals surface area contributed by atoms with Crippen LogP contribution in [0.2, 0.25) is 0 Å². The molecule has 0 saturated carbocycles. The molecule has 1 amide bonds. The third-order valence-electron chi connectivity index (χ3n) is 4.48. The molecular weight excluding hydrogens is 462 g/mol. The van der Waals surface area contributed by atoms with Crippen LogP contribution in [0.4, 0.5) is 5.00 Å². The first kappa shape index (κ1) is 26.9. The minimum absolute atomic E-state index is 0.0669. The van der Waals surface area contributed by atoms with Crippen LogP contribution in [0.5, 0.6) is 11.5 Å². The van der Waals surface area contributed by atoms with E-state index in [0.717, 1.165) is 11.3 Å². The summed E-state index contributed by atoms with van der Waals surface area (Å²) >= 11 is 0.951. The number of methoxy groups -OCH3 is 2. The summed E-state index contributed by atoms with van der Waals surface area (Å²) in [5, 5.41) is 2.87. The highest BCUT2D eigenvalue weighted by Crippen LogP contribution is 2.34. The topological polar surface area (TPSA) is 109 Å². The number of thiophene rings is 1. The lowest BCUT2D eigenvalue weighted by molar-refractivity contribution is -0.111. The number of ether oxygens (including phenoxy) is 5. The molecule has 0 unspecified atom stereocenters. The van der Waals surface area contributed by atoms with Crippen molar-refractivity contribution in [3.8, 4) is 11.5 Å². The van der Waals surface area contributed by atoms with Crippen molar-refractivity contribution in [2.75, 3.05) is 46.0 Å². The van der Waals surface area contributed by atoms with Gasteiger partial charge in [0.25, 0.3) is 0 Å². The van der Waals surface area contributed by atoms with Gasteiger partial charge in [-0.3, -0.25) is 4.79 Å². The lowest BCUT2D eigenvalue weighted by Gasteiger charge is -2.09. The van der Waals surface area contributed by atoms with Gasteiger partial charge < -0.3 is 29.0 Å². The predicted octanol–water partition coefficient (Wildman–Crippen LogP) is 4.10. The van der Waals surface area contributed by atoms with E-state index >= 15 is 0 Å². The van der Waals surface area contributed by atoms with Crippen LogP contribution in [0, 0.1) is 6.92 Å². The summed E-state index contributed by atoms with van der Waals surface area (Å²) in [6, 6.07) is 5.27. The van der Waals surface area contributed by atoms with Gasteiger partial charge in [-0.1, -0.05) is 6.07 Å². The first-order chi connectivity index (χ1) is 16.4. The first-order valence-corrected chi connectivity index (χ1v) is 11.4. The number of rotatable bonds is 12. The Morgan fingerprint density at radius 3 is 2.41 bits per heavy atom. The van der Waals surface area contributed by atoms with E-state index in [2.05, 4.69) is 5.32 Å². The van der Waals surface area contributed by atoms with Crippen LogP contribution in [-0.2, 0) is 19.0 Å². The molecule has 2 rings (SSSR count). The number of anilines is 1. The average molecular weight is 492 g/mol. The third kappa shape index (κ3) is 7.06. The highest BCUT2D eigenvalue weighted by molar-refractivity contribution is 7.18. The van der Waals surface area contributed by atoms with Gasteiger partial charge in [-0.15, -0.1) is 11.3 Å². The zero-order chi connectivity index (χ0) is 25.1. The lowest BCUT2D eigenvalue weighted by atomic mass is 10.1. The standard InChI is InChI=1S/C24H29NO8S/c1-6-31-17-10-8-16(14-18(17)30-5)9-11-19(26)25-22-20(23(27)32-7-2)15(3)21(34-22)24(28)33-13-12-29-4/h8-11,14H,6-7,12-13H2,1-5H3,(H,25,26)/b11-9+. The number of benzene rings is 1. The van der Waals surface area contributed by atoms with Gasteiger partial charge in [-0.05, 0) is 50.1 Å². The number of esters is 2. The normalized spacial score (nSPS) is 10.7. The van der Waals surface area contributed by atoms with Crippen LogP contribution in [0.25, 0.3) is 6.08 Å². The van der Waals surface area contributed by atoms with Gasteiger partial charge in [0.2, 0.25) is 5.91 Å². The minimum atomic E-state index is -0.636. The van der Waals surface area contributed by atoms with Gasteiger partial charge >= 0.3 is 11.9 Å². The van der Waals surface area contributed by atoms with Crippen molar-refractivity contribution in [1.82, 2.24) is 0 Å². The highest BCUT2D eigenvalue weighted by Gasteiger charge is 2.27. The van der Waals surface area contributed by atoms with E-state index in [4.69, 9.17) is 23.7 Å². The molecule has 0 radical (unpaired) electrons. The van der Waals surface area contributed by atoms with Crippen LogP contribution in [0.1, 0.15) is 45.0 Å². The second kappa shape index (κ2) is 13.4. The van der Waals surface area contributed by atoms with Gasteiger partial charge in [0.05, 0.1) is 32.5 Å². The van der Waals surface area contributed by atoms with Crippen LogP contribution in [0.3, 0.4) is 0 Å². The van der Waals surface area contributed by atoms with E-state index in [1.165, 1.54) is 20.3 Å². The molecule has 10 heteroatoms. The summed E-state index contributed by atoms with van der Waals surface area (Å²) in [6.07, 6.45) is 2.91. The molecule has 0 fully saturated rings. The summed E-state index contributed by atoms with van der Waals surface area (Å²) in [4.78, 5) is 37.8. The molecule has 2 aromatic rings. The smallest absolute Gasteiger partial charge is 0.348 e. The number of carbonyl (C=O) groups is 3. The second-order valence-corrected chi connectivity index (χ2v) is 7.80. The van der Waals surface area contributed by atoms with Crippen molar-refractivity contribution in [3.63, 3.8) is 0 Å². The summed E-state index contributed by atoms with van der Waals surface area (Å²) in [5.74, 6) is -0.589. The summed E-state index contributed by atoms with van der Waals surface area (Å²) < 4.78 is 26.0. The van der Waals surface area contributed by atoms with Crippen LogP contribution >= 0.6 is 11.3 Å². The molecule has 0 saturated heterocycles. The van der Waals surface area contributed by atoms with Gasteiger partial charge in [0.1, 0.15) is 16.5 Å². The van der Waals surface area contributed by atoms with Gasteiger partial charge in [0.15, 0.2) is 11.5 Å². The summed E-state index contributed by atoms with van der Waals surface area (Å²) in [6.45, 7) is 6.11. The molecule has 1 aromatic carbocycles. The molecule has 9 nitrogen and oxygen atoms in total. The Kier molecular flexibility index (Phi) is 10.6. The maximum absolute atomic E-state index is 12.6. The fourth-order valence-corrected chi connectivity index (χ4v) is 4.01. The van der Waals surface area contributed by atoms with Crippen molar-refractivity contribution in [2.24, 2.45) is 0 Å². The zero-order valence-electron chi connectivity index (χ0n) is 19.9. The Morgan fingerprint density at radius 1 is 1.00 bits per heavy atom. The Labute approximate surface area is 202 Å². The first-order valence-electron chi connectivity index (χ1n) is 10.6. The summed E-state index contributed by atoms with van der Waals surface area (Å²) in [5.41, 5.74) is 1.21. The fourth-order valence-electron chi connectivity index (χ4n) is 2.92. The molecule has 1 N–H and O–H groups in total. The van der Waals surface area contributed by atoms with E-state index in [-0.39, 0.29) is 35.3 Å². The van der Waals surface area contributed by atoms with E-state index in [0.29, 0.717) is 29.2 Å². The minimum Gasteiger partial charge on any atom is -0.493 e. The molecule has 0 aliphatic heterocycles. The van der Waals surface area contributed by atoms with Crippen molar-refractivity contribution in [1.29, 1.82) is 0 Å². The van der Waals surface area contributed by atoms with E-state index in [9.17, 15) is 14.4 Å². The molecule has 0 atom stereocenters. The monoisotopic (exact) mass is 491 g/mol. The predicted molar refractivity (Wildman–Crippen MR) is 129 cm³/mol. The fraction of sp³-hybridized carbons (Fsp3) is 0.375. The van der Waals surface area contributed by atoms with Crippen LogP contribution in [0.15, 0.2) is 24.3 Å². The molecule has 184 valence electrons. The van der Waals surface area contributed by atoms with E-state index in [1.807, 2.05) is 6.92 Å². The van der Waals surface area contributed by atoms with Gasteiger partial charge in [0, 0.05) is 13.2 Å². The summed E-state index contributed by atoms with van der Waals surface area (Å²) in [7, 11) is 3.03. The number of carbonyl (C=O) groups excluding carboxylic acids is 3. The Hall–Kier alpha value is -3.37. The average Bonchev–Trinajstić information content (AvgIpc) is 3.14. The Bertz CT molecular complexity index is 1040. The molecule has 0 spiro atoms. The Morgan fingerprint density at radius 2 is 1.76 bits per heavy atom. The molecular formula is C24H29NO8S. The van der Waals surface area contributed by atoms with Crippen LogP contribution < -0.4 is 14.8 Å². The SMILES string of the molecule is CCOC(=O)c1c(NC(=O)/C=C/c2ccc(OCC)c(OC)c2)sc(C(=O)OCCOC)c1C.